The van der Waals surface area contributed by atoms with E-state index in [9.17, 15) is 0 Å². The molecule has 1 radical (unpaired) electrons. The van der Waals surface area contributed by atoms with E-state index in [1.54, 1.807) is 7.11 Å². The van der Waals surface area contributed by atoms with Gasteiger partial charge in [-0.1, -0.05) is 23.7 Å². The van der Waals surface area contributed by atoms with Gasteiger partial charge in [-0.15, -0.1) is 0 Å². The molecule has 0 amide bonds. The Balaban J connectivity index is 2.61. The zero-order valence-corrected chi connectivity index (χ0v) is 10.9. The van der Waals surface area contributed by atoms with Crippen molar-refractivity contribution in [1.82, 2.24) is 0 Å². The molecule has 0 heterocycles. The van der Waals surface area contributed by atoms with E-state index in [0.29, 0.717) is 0 Å². The molecule has 0 aliphatic rings. The van der Waals surface area contributed by atoms with Gasteiger partial charge >= 0.3 is 0 Å². The van der Waals surface area contributed by atoms with E-state index in [4.69, 9.17) is 16.3 Å². The number of methoxy groups -OCH3 is 1. The van der Waals surface area contributed by atoms with Gasteiger partial charge < -0.3 is 4.74 Å². The summed E-state index contributed by atoms with van der Waals surface area (Å²) in [5, 5.41) is 0.759. The van der Waals surface area contributed by atoms with Gasteiger partial charge in [0, 0.05) is 10.6 Å². The Morgan fingerprint density at radius 3 is 2.53 bits per heavy atom. The van der Waals surface area contributed by atoms with Gasteiger partial charge in [-0.05, 0) is 54.8 Å². The molecule has 0 unspecified atom stereocenters. The normalized spacial score (nSPS) is 10.4. The van der Waals surface area contributed by atoms with E-state index in [-0.39, 0.29) is 0 Å². The Morgan fingerprint density at radius 2 is 1.94 bits per heavy atom. The summed E-state index contributed by atoms with van der Waals surface area (Å²) in [4.78, 5) is 0. The van der Waals surface area contributed by atoms with Crippen LogP contribution in [0, 0.1) is 19.9 Å². The predicted octanol–water partition coefficient (Wildman–Crippen LogP) is 4.43. The first-order chi connectivity index (χ1) is 8.13. The molecule has 0 aliphatic heterocycles. The lowest BCUT2D eigenvalue weighted by molar-refractivity contribution is 0.414. The minimum Gasteiger partial charge on any atom is -0.497 e. The van der Waals surface area contributed by atoms with Crippen LogP contribution in [0.15, 0.2) is 30.3 Å². The third kappa shape index (κ3) is 2.29. The molecule has 0 atom stereocenters. The highest BCUT2D eigenvalue weighted by atomic mass is 35.5. The molecule has 0 fully saturated rings. The summed E-state index contributed by atoms with van der Waals surface area (Å²) in [6.07, 6.45) is 0. The van der Waals surface area contributed by atoms with Gasteiger partial charge in [0.05, 0.1) is 7.11 Å². The average Bonchev–Trinajstić information content (AvgIpc) is 2.30. The second-order valence-corrected chi connectivity index (χ2v) is 4.41. The number of aryl methyl sites for hydroxylation is 2. The summed E-state index contributed by atoms with van der Waals surface area (Å²) in [5.74, 6) is 0.861. The summed E-state index contributed by atoms with van der Waals surface area (Å²) >= 11 is 6.26. The standard InChI is InChI=1S/C15H14ClO/c1-10-5-4-6-14(16)15(10)13-8-7-12(17-3)9-11(13)2/h4,6-9H,1-3H3. The molecule has 2 rings (SSSR count). The van der Waals surface area contributed by atoms with Crippen LogP contribution in [0.1, 0.15) is 11.1 Å². The maximum Gasteiger partial charge on any atom is 0.119 e. The molecule has 0 bridgehead atoms. The summed E-state index contributed by atoms with van der Waals surface area (Å²) in [6, 6.07) is 12.9. The van der Waals surface area contributed by atoms with Crippen molar-refractivity contribution in [2.24, 2.45) is 0 Å². The quantitative estimate of drug-likeness (QED) is 0.760. The van der Waals surface area contributed by atoms with Crippen LogP contribution in [0.2, 0.25) is 5.02 Å². The lowest BCUT2D eigenvalue weighted by atomic mass is 9.96. The number of rotatable bonds is 2. The number of hydrogen-bond donors (Lipinski definition) is 0. The van der Waals surface area contributed by atoms with E-state index in [1.807, 2.05) is 37.3 Å². The van der Waals surface area contributed by atoms with Crippen molar-refractivity contribution in [3.05, 3.63) is 52.5 Å². The lowest BCUT2D eigenvalue weighted by Crippen LogP contribution is -1.90. The van der Waals surface area contributed by atoms with E-state index >= 15 is 0 Å². The zero-order chi connectivity index (χ0) is 12.4. The summed E-state index contributed by atoms with van der Waals surface area (Å²) in [5.41, 5.74) is 4.39. The third-order valence-electron chi connectivity index (χ3n) is 2.85. The molecule has 0 N–H and O–H groups in total. The van der Waals surface area contributed by atoms with Crippen LogP contribution in [0.25, 0.3) is 11.1 Å². The minimum atomic E-state index is 0.759. The van der Waals surface area contributed by atoms with Crippen molar-refractivity contribution >= 4 is 11.6 Å². The first-order valence-electron chi connectivity index (χ1n) is 5.45. The molecule has 87 valence electrons. The number of halogens is 1. The highest BCUT2D eigenvalue weighted by Gasteiger charge is 2.09. The predicted molar refractivity (Wildman–Crippen MR) is 71.8 cm³/mol. The summed E-state index contributed by atoms with van der Waals surface area (Å²) in [7, 11) is 1.67. The van der Waals surface area contributed by atoms with E-state index < -0.39 is 0 Å². The molecule has 2 heteroatoms. The molecule has 2 aromatic carbocycles. The van der Waals surface area contributed by atoms with Crippen LogP contribution in [0.4, 0.5) is 0 Å². The van der Waals surface area contributed by atoms with Crippen molar-refractivity contribution in [3.8, 4) is 16.9 Å². The first kappa shape index (κ1) is 12.0. The number of ether oxygens (including phenoxy) is 1. The van der Waals surface area contributed by atoms with Crippen molar-refractivity contribution in [3.63, 3.8) is 0 Å². The van der Waals surface area contributed by atoms with Crippen LogP contribution in [0.5, 0.6) is 5.75 Å². The molecule has 17 heavy (non-hydrogen) atoms. The monoisotopic (exact) mass is 245 g/mol. The van der Waals surface area contributed by atoms with Gasteiger partial charge in [0.25, 0.3) is 0 Å². The van der Waals surface area contributed by atoms with Crippen LogP contribution in [-0.4, -0.2) is 7.11 Å². The Morgan fingerprint density at radius 1 is 1.18 bits per heavy atom. The van der Waals surface area contributed by atoms with Crippen molar-refractivity contribution in [2.45, 2.75) is 13.8 Å². The van der Waals surface area contributed by atoms with Gasteiger partial charge in [-0.2, -0.15) is 0 Å². The number of hydrogen-bond acceptors (Lipinski definition) is 1. The Kier molecular flexibility index (Phi) is 3.39. The molecule has 0 saturated carbocycles. The van der Waals surface area contributed by atoms with Crippen LogP contribution < -0.4 is 4.74 Å². The highest BCUT2D eigenvalue weighted by molar-refractivity contribution is 6.33. The van der Waals surface area contributed by atoms with Crippen LogP contribution in [0.3, 0.4) is 0 Å². The van der Waals surface area contributed by atoms with E-state index in [1.165, 1.54) is 0 Å². The molecule has 0 aliphatic carbocycles. The van der Waals surface area contributed by atoms with Crippen molar-refractivity contribution in [1.29, 1.82) is 0 Å². The molecule has 2 aromatic rings. The Hall–Kier alpha value is -1.47. The van der Waals surface area contributed by atoms with Gasteiger partial charge in [0.1, 0.15) is 5.75 Å². The molecule has 1 nitrogen and oxygen atoms in total. The summed E-state index contributed by atoms with van der Waals surface area (Å²) < 4.78 is 5.21. The maximum absolute atomic E-state index is 6.26. The zero-order valence-electron chi connectivity index (χ0n) is 10.2. The molecular weight excluding hydrogens is 232 g/mol. The van der Waals surface area contributed by atoms with Crippen LogP contribution >= 0.6 is 11.6 Å². The molecule has 0 spiro atoms. The topological polar surface area (TPSA) is 9.23 Å². The van der Waals surface area contributed by atoms with Crippen molar-refractivity contribution in [2.75, 3.05) is 7.11 Å². The van der Waals surface area contributed by atoms with Gasteiger partial charge in [0.15, 0.2) is 0 Å². The smallest absolute Gasteiger partial charge is 0.119 e. The minimum absolute atomic E-state index is 0.759. The Labute approximate surface area is 107 Å². The molecule has 0 saturated heterocycles. The van der Waals surface area contributed by atoms with Gasteiger partial charge in [-0.3, -0.25) is 0 Å². The fourth-order valence-electron chi connectivity index (χ4n) is 1.95. The highest BCUT2D eigenvalue weighted by Crippen LogP contribution is 2.34. The van der Waals surface area contributed by atoms with Gasteiger partial charge in [-0.25, -0.2) is 0 Å². The average molecular weight is 246 g/mol. The largest absolute Gasteiger partial charge is 0.497 e. The second kappa shape index (κ2) is 4.80. The van der Waals surface area contributed by atoms with Crippen LogP contribution in [-0.2, 0) is 0 Å². The van der Waals surface area contributed by atoms with Crippen molar-refractivity contribution < 1.29 is 4.74 Å². The molecular formula is C15H14ClO. The number of benzene rings is 2. The lowest BCUT2D eigenvalue weighted by Gasteiger charge is -2.12. The first-order valence-corrected chi connectivity index (χ1v) is 5.83. The van der Waals surface area contributed by atoms with Gasteiger partial charge in [0.2, 0.25) is 0 Å². The summed E-state index contributed by atoms with van der Waals surface area (Å²) in [6.45, 7) is 4.07. The maximum atomic E-state index is 6.26. The second-order valence-electron chi connectivity index (χ2n) is 4.01. The molecule has 0 aromatic heterocycles. The SMILES string of the molecule is COc1ccc(-c2c(C)[c]ccc2Cl)c(C)c1. The Bertz CT molecular complexity index is 526. The fourth-order valence-corrected chi connectivity index (χ4v) is 2.26. The van der Waals surface area contributed by atoms with E-state index in [0.717, 1.165) is 33.0 Å². The fraction of sp³-hybridized carbons (Fsp3) is 0.200. The van der Waals surface area contributed by atoms with E-state index in [2.05, 4.69) is 13.0 Å². The third-order valence-corrected chi connectivity index (χ3v) is 3.16.